The van der Waals surface area contributed by atoms with Crippen molar-refractivity contribution < 1.29 is 23.4 Å². The van der Waals surface area contributed by atoms with Gasteiger partial charge in [0.05, 0.1) is 41.6 Å². The molecular weight excluding hydrogens is 496 g/mol. The Morgan fingerprint density at radius 1 is 1.26 bits per heavy atom. The molecule has 0 unspecified atom stereocenters. The fourth-order valence-electron chi connectivity index (χ4n) is 5.59. The van der Waals surface area contributed by atoms with Gasteiger partial charge in [-0.05, 0) is 44.9 Å². The standard InChI is InChI=1S/C26H31F2N7O3/c1-3-38-23(36)16-5-4-6-18(9-16)35-22-20(12-29-35)21(31-24(32-22)30-17-10-25(2,37)11-17)34-13-19(14-34)33-8-7-26(27,28)15-33/h4-6,9,12,17,19,37H,3,7-8,10-11,13-15H2,1-2H3,(H,30,31,32)/t17-,25+. The fraction of sp³-hybridized carbons (Fsp3) is 0.538. The summed E-state index contributed by atoms with van der Waals surface area (Å²) in [4.78, 5) is 25.8. The van der Waals surface area contributed by atoms with Crippen LogP contribution in [-0.2, 0) is 4.74 Å². The third-order valence-corrected chi connectivity index (χ3v) is 7.59. The van der Waals surface area contributed by atoms with E-state index in [0.717, 1.165) is 5.39 Å². The predicted octanol–water partition coefficient (Wildman–Crippen LogP) is 2.85. The Hall–Kier alpha value is -3.38. The number of nitrogens with one attached hydrogen (secondary N) is 1. The molecule has 2 N–H and O–H groups in total. The summed E-state index contributed by atoms with van der Waals surface area (Å²) in [7, 11) is 0. The molecule has 0 radical (unpaired) electrons. The summed E-state index contributed by atoms with van der Waals surface area (Å²) in [5.74, 6) is -1.95. The van der Waals surface area contributed by atoms with E-state index < -0.39 is 17.5 Å². The normalized spacial score (nSPS) is 25.3. The molecule has 6 rings (SSSR count). The highest BCUT2D eigenvalue weighted by Crippen LogP contribution is 2.37. The summed E-state index contributed by atoms with van der Waals surface area (Å²) < 4.78 is 34.3. The van der Waals surface area contributed by atoms with Gasteiger partial charge in [0, 0.05) is 38.1 Å². The molecule has 3 fully saturated rings. The number of esters is 1. The molecule has 0 atom stereocenters. The Morgan fingerprint density at radius 2 is 2.05 bits per heavy atom. The molecule has 3 aliphatic rings. The van der Waals surface area contributed by atoms with E-state index in [0.29, 0.717) is 61.1 Å². The summed E-state index contributed by atoms with van der Waals surface area (Å²) in [6, 6.07) is 7.07. The number of halogens is 2. The number of aromatic nitrogens is 4. The zero-order chi connectivity index (χ0) is 26.7. The molecular formula is C26H31F2N7O3. The molecule has 2 aromatic heterocycles. The third-order valence-electron chi connectivity index (χ3n) is 7.59. The number of rotatable bonds is 7. The lowest BCUT2D eigenvalue weighted by atomic mass is 9.77. The van der Waals surface area contributed by atoms with Crippen LogP contribution in [0.4, 0.5) is 20.5 Å². The van der Waals surface area contributed by atoms with E-state index in [1.807, 2.05) is 11.0 Å². The Labute approximate surface area is 218 Å². The lowest BCUT2D eigenvalue weighted by Crippen LogP contribution is -2.59. The first-order chi connectivity index (χ1) is 18.1. The van der Waals surface area contributed by atoms with Gasteiger partial charge in [0.15, 0.2) is 5.65 Å². The van der Waals surface area contributed by atoms with Gasteiger partial charge in [0.1, 0.15) is 5.82 Å². The molecule has 10 nitrogen and oxygen atoms in total. The zero-order valence-electron chi connectivity index (χ0n) is 21.4. The lowest BCUT2D eigenvalue weighted by Gasteiger charge is -2.45. The number of carbonyl (C=O) groups excluding carboxylic acids is 1. The number of hydrogen-bond acceptors (Lipinski definition) is 9. The van der Waals surface area contributed by atoms with Gasteiger partial charge in [-0.2, -0.15) is 15.1 Å². The zero-order valence-corrected chi connectivity index (χ0v) is 21.4. The molecule has 0 bridgehead atoms. The average molecular weight is 528 g/mol. The van der Waals surface area contributed by atoms with Crippen LogP contribution in [0, 0.1) is 0 Å². The minimum Gasteiger partial charge on any atom is -0.462 e. The molecule has 0 amide bonds. The van der Waals surface area contributed by atoms with Crippen molar-refractivity contribution in [2.45, 2.75) is 56.7 Å². The smallest absolute Gasteiger partial charge is 0.338 e. The Balaban J connectivity index is 1.32. The predicted molar refractivity (Wildman–Crippen MR) is 137 cm³/mol. The number of likely N-dealkylation sites (tertiary alicyclic amines) is 1. The van der Waals surface area contributed by atoms with Crippen LogP contribution in [0.5, 0.6) is 0 Å². The van der Waals surface area contributed by atoms with Crippen molar-refractivity contribution in [1.82, 2.24) is 24.6 Å². The quantitative estimate of drug-likeness (QED) is 0.449. The van der Waals surface area contributed by atoms with E-state index in [9.17, 15) is 18.7 Å². The maximum absolute atomic E-state index is 13.8. The first-order valence-electron chi connectivity index (χ1n) is 13.0. The van der Waals surface area contributed by atoms with Crippen LogP contribution in [-0.4, -0.2) is 92.1 Å². The number of hydrogen-bond donors (Lipinski definition) is 2. The molecule has 3 aromatic rings. The number of fused-ring (bicyclic) bond motifs is 1. The fourth-order valence-corrected chi connectivity index (χ4v) is 5.59. The van der Waals surface area contributed by atoms with Crippen LogP contribution >= 0.6 is 0 Å². The van der Waals surface area contributed by atoms with Gasteiger partial charge in [-0.25, -0.2) is 18.3 Å². The maximum atomic E-state index is 13.8. The van der Waals surface area contributed by atoms with E-state index in [1.165, 1.54) is 0 Å². The minimum absolute atomic E-state index is 0.0368. The number of alkyl halides is 2. The van der Waals surface area contributed by atoms with Gasteiger partial charge in [-0.3, -0.25) is 4.90 Å². The second-order valence-corrected chi connectivity index (χ2v) is 10.8. The summed E-state index contributed by atoms with van der Waals surface area (Å²) in [5, 5.41) is 18.8. The van der Waals surface area contributed by atoms with Crippen molar-refractivity contribution in [3.05, 3.63) is 36.0 Å². The van der Waals surface area contributed by atoms with Gasteiger partial charge in [0.2, 0.25) is 5.95 Å². The second kappa shape index (κ2) is 9.12. The van der Waals surface area contributed by atoms with Gasteiger partial charge in [0.25, 0.3) is 5.92 Å². The van der Waals surface area contributed by atoms with Crippen LogP contribution in [0.15, 0.2) is 30.5 Å². The summed E-state index contributed by atoms with van der Waals surface area (Å²) in [5.41, 5.74) is 0.905. The van der Waals surface area contributed by atoms with Crippen LogP contribution in [0.3, 0.4) is 0 Å². The highest BCUT2D eigenvalue weighted by Gasteiger charge is 2.45. The van der Waals surface area contributed by atoms with E-state index in [-0.39, 0.29) is 31.7 Å². The largest absolute Gasteiger partial charge is 0.462 e. The molecule has 1 aliphatic carbocycles. The van der Waals surface area contributed by atoms with Crippen molar-refractivity contribution in [3.63, 3.8) is 0 Å². The molecule has 38 heavy (non-hydrogen) atoms. The minimum atomic E-state index is -2.62. The van der Waals surface area contributed by atoms with E-state index in [2.05, 4.69) is 15.3 Å². The average Bonchev–Trinajstić information content (AvgIpc) is 3.40. The first kappa shape index (κ1) is 24.9. The molecule has 4 heterocycles. The van der Waals surface area contributed by atoms with Crippen LogP contribution in [0.2, 0.25) is 0 Å². The monoisotopic (exact) mass is 527 g/mol. The second-order valence-electron chi connectivity index (χ2n) is 10.8. The Kier molecular flexibility index (Phi) is 5.98. The van der Waals surface area contributed by atoms with Gasteiger partial charge < -0.3 is 20.1 Å². The van der Waals surface area contributed by atoms with Crippen molar-refractivity contribution >= 4 is 28.8 Å². The van der Waals surface area contributed by atoms with E-state index >= 15 is 0 Å². The SMILES string of the molecule is CCOC(=O)c1cccc(-n2ncc3c(N4CC(N5CCC(F)(F)C5)C4)nc(N[C@H]4C[C@@](C)(O)C4)nc32)c1. The molecule has 12 heteroatoms. The molecule has 2 aliphatic heterocycles. The Morgan fingerprint density at radius 3 is 2.74 bits per heavy atom. The number of anilines is 2. The molecule has 1 saturated carbocycles. The molecule has 1 aromatic carbocycles. The van der Waals surface area contributed by atoms with Crippen LogP contribution < -0.4 is 10.2 Å². The van der Waals surface area contributed by atoms with Gasteiger partial charge in [-0.1, -0.05) is 6.07 Å². The van der Waals surface area contributed by atoms with E-state index in [4.69, 9.17) is 14.7 Å². The van der Waals surface area contributed by atoms with E-state index in [1.54, 1.807) is 42.9 Å². The number of benzene rings is 1. The van der Waals surface area contributed by atoms with Crippen LogP contribution in [0.1, 0.15) is 43.5 Å². The molecule has 0 spiro atoms. The first-order valence-corrected chi connectivity index (χ1v) is 13.0. The number of nitrogens with zero attached hydrogens (tertiary/aromatic N) is 6. The van der Waals surface area contributed by atoms with Crippen molar-refractivity contribution in [2.75, 3.05) is 43.0 Å². The number of aliphatic hydroxyl groups is 1. The topological polar surface area (TPSA) is 109 Å². The lowest BCUT2D eigenvalue weighted by molar-refractivity contribution is -0.0236. The highest BCUT2D eigenvalue weighted by molar-refractivity contribution is 5.91. The van der Waals surface area contributed by atoms with Crippen molar-refractivity contribution in [1.29, 1.82) is 0 Å². The number of carbonyl (C=O) groups is 1. The maximum Gasteiger partial charge on any atom is 0.338 e. The van der Waals surface area contributed by atoms with Gasteiger partial charge in [-0.15, -0.1) is 0 Å². The summed E-state index contributed by atoms with van der Waals surface area (Å²) >= 11 is 0. The van der Waals surface area contributed by atoms with Gasteiger partial charge >= 0.3 is 5.97 Å². The number of ether oxygens (including phenoxy) is 1. The summed E-state index contributed by atoms with van der Waals surface area (Å²) in [6.45, 7) is 5.20. The Bertz CT molecular complexity index is 1360. The van der Waals surface area contributed by atoms with Crippen molar-refractivity contribution in [2.24, 2.45) is 0 Å². The molecule has 202 valence electrons. The highest BCUT2D eigenvalue weighted by atomic mass is 19.3. The summed E-state index contributed by atoms with van der Waals surface area (Å²) in [6.07, 6.45) is 2.76. The third kappa shape index (κ3) is 4.66. The van der Waals surface area contributed by atoms with Crippen LogP contribution in [0.25, 0.3) is 16.7 Å². The van der Waals surface area contributed by atoms with Crippen molar-refractivity contribution in [3.8, 4) is 5.69 Å². The molecule has 2 saturated heterocycles.